The van der Waals surface area contributed by atoms with Crippen LogP contribution in [0.2, 0.25) is 0 Å². The lowest BCUT2D eigenvalue weighted by atomic mass is 9.95. The number of phenols is 1. The Hall–Kier alpha value is -3.74. The summed E-state index contributed by atoms with van der Waals surface area (Å²) in [6.45, 7) is 9.25. The predicted molar refractivity (Wildman–Crippen MR) is 131 cm³/mol. The first-order chi connectivity index (χ1) is 16.6. The number of para-hydroxylation sites is 1. The van der Waals surface area contributed by atoms with Crippen molar-refractivity contribution in [1.82, 2.24) is 15.1 Å². The number of phenolic OH excluding ortho intramolecular Hbond substituents is 1. The number of unbranched alkanes of at least 4 members (excludes halogenated alkanes) is 2. The number of H-pyrrole nitrogens is 1. The number of benzene rings is 2. The van der Waals surface area contributed by atoms with Crippen LogP contribution < -0.4 is 9.47 Å². The summed E-state index contributed by atoms with van der Waals surface area (Å²) in [5, 5.41) is 17.9. The molecule has 2 heterocycles. The molecule has 1 aliphatic rings. The largest absolute Gasteiger partial charge is 0.507 e. The van der Waals surface area contributed by atoms with Crippen molar-refractivity contribution in [3.05, 3.63) is 71.9 Å². The molecule has 3 aromatic rings. The third-order valence-corrected chi connectivity index (χ3v) is 5.97. The number of carbonyl (C=O) groups excluding carboxylic acids is 1. The van der Waals surface area contributed by atoms with Gasteiger partial charge in [0, 0.05) is 17.7 Å². The van der Waals surface area contributed by atoms with Gasteiger partial charge in [-0.05, 0) is 43.2 Å². The lowest BCUT2D eigenvalue weighted by Gasteiger charge is -2.27. The van der Waals surface area contributed by atoms with E-state index < -0.39 is 0 Å². The molecule has 1 aromatic heterocycles. The number of aromatic amines is 1. The van der Waals surface area contributed by atoms with E-state index in [9.17, 15) is 9.90 Å². The van der Waals surface area contributed by atoms with Gasteiger partial charge in [0.05, 0.1) is 12.6 Å². The Bertz CT molecular complexity index is 1170. The fraction of sp³-hybridized carbons (Fsp3) is 0.333. The highest BCUT2D eigenvalue weighted by Crippen LogP contribution is 2.46. The minimum atomic E-state index is -0.361. The summed E-state index contributed by atoms with van der Waals surface area (Å²) in [6, 6.07) is 12.5. The molecule has 0 spiro atoms. The van der Waals surface area contributed by atoms with E-state index in [1.54, 1.807) is 18.2 Å². The van der Waals surface area contributed by atoms with Crippen LogP contribution in [0.1, 0.15) is 60.8 Å². The predicted octanol–water partition coefficient (Wildman–Crippen LogP) is 5.48. The maximum atomic E-state index is 13.4. The highest BCUT2D eigenvalue weighted by atomic mass is 16.5. The summed E-state index contributed by atoms with van der Waals surface area (Å²) >= 11 is 0. The van der Waals surface area contributed by atoms with Gasteiger partial charge in [-0.15, -0.1) is 0 Å². The van der Waals surface area contributed by atoms with E-state index in [4.69, 9.17) is 9.47 Å². The number of hydrogen-bond acceptors (Lipinski definition) is 5. The molecule has 2 N–H and O–H groups in total. The average Bonchev–Trinajstić information content (AvgIpc) is 3.38. The molecule has 0 aliphatic carbocycles. The molecule has 1 atom stereocenters. The Labute approximate surface area is 200 Å². The monoisotopic (exact) mass is 461 g/mol. The van der Waals surface area contributed by atoms with E-state index in [0.29, 0.717) is 48.2 Å². The smallest absolute Gasteiger partial charge is 0.273 e. The Kier molecular flexibility index (Phi) is 7.21. The van der Waals surface area contributed by atoms with Crippen LogP contribution in [-0.2, 0) is 0 Å². The lowest BCUT2D eigenvalue weighted by molar-refractivity contribution is 0.0740. The van der Waals surface area contributed by atoms with Gasteiger partial charge in [-0.25, -0.2) is 0 Å². The van der Waals surface area contributed by atoms with Crippen molar-refractivity contribution in [1.29, 1.82) is 0 Å². The van der Waals surface area contributed by atoms with Gasteiger partial charge in [0.1, 0.15) is 23.7 Å². The number of nitrogens with one attached hydrogen (secondary N) is 1. The number of aromatic hydroxyl groups is 1. The zero-order chi connectivity index (χ0) is 24.1. The number of ether oxygens (including phenoxy) is 2. The zero-order valence-corrected chi connectivity index (χ0v) is 19.7. The zero-order valence-electron chi connectivity index (χ0n) is 19.7. The Morgan fingerprint density at radius 3 is 2.71 bits per heavy atom. The van der Waals surface area contributed by atoms with E-state index in [-0.39, 0.29) is 17.7 Å². The maximum absolute atomic E-state index is 13.4. The topological polar surface area (TPSA) is 87.7 Å². The summed E-state index contributed by atoms with van der Waals surface area (Å²) in [4.78, 5) is 15.3. The number of aromatic nitrogens is 2. The van der Waals surface area contributed by atoms with Crippen molar-refractivity contribution in [3.8, 4) is 28.5 Å². The number of rotatable bonds is 11. The van der Waals surface area contributed by atoms with Crippen molar-refractivity contribution in [3.63, 3.8) is 0 Å². The molecule has 1 unspecified atom stereocenters. The number of hydrogen-bond donors (Lipinski definition) is 2. The Morgan fingerprint density at radius 2 is 1.97 bits per heavy atom. The molecule has 178 valence electrons. The van der Waals surface area contributed by atoms with Crippen LogP contribution in [0, 0.1) is 0 Å². The van der Waals surface area contributed by atoms with Crippen molar-refractivity contribution in [2.24, 2.45) is 0 Å². The van der Waals surface area contributed by atoms with Crippen LogP contribution in [0.4, 0.5) is 0 Å². The third-order valence-electron chi connectivity index (χ3n) is 5.97. The van der Waals surface area contributed by atoms with Crippen molar-refractivity contribution in [2.45, 2.75) is 39.2 Å². The number of fused-ring (bicyclic) bond motifs is 1. The molecule has 0 radical (unpaired) electrons. The Morgan fingerprint density at radius 1 is 1.15 bits per heavy atom. The standard InChI is InChI=1S/C27H31N3O4/c1-4-7-10-15-30-26(18-13-14-21(34-16-5-2)22(17-18)33-6-3)23-24(28-29-25(23)27(30)32)19-11-8-9-12-20(19)31/h5,8-9,11-14,17,26,31H,2,4,6-7,10,15-16H2,1,3H3,(H,28,29). The summed E-state index contributed by atoms with van der Waals surface area (Å²) in [5.74, 6) is 1.27. The van der Waals surface area contributed by atoms with Gasteiger partial charge in [-0.1, -0.05) is 50.6 Å². The molecule has 7 nitrogen and oxygen atoms in total. The van der Waals surface area contributed by atoms with Gasteiger partial charge < -0.3 is 19.5 Å². The molecule has 7 heteroatoms. The minimum Gasteiger partial charge on any atom is -0.507 e. The van der Waals surface area contributed by atoms with Crippen LogP contribution in [-0.4, -0.2) is 45.9 Å². The van der Waals surface area contributed by atoms with E-state index >= 15 is 0 Å². The summed E-state index contributed by atoms with van der Waals surface area (Å²) in [7, 11) is 0. The number of nitrogens with zero attached hydrogens (tertiary/aromatic N) is 2. The summed E-state index contributed by atoms with van der Waals surface area (Å²) in [5.41, 5.74) is 3.30. The van der Waals surface area contributed by atoms with Gasteiger partial charge in [0.25, 0.3) is 5.91 Å². The molecule has 1 aliphatic heterocycles. The van der Waals surface area contributed by atoms with E-state index in [2.05, 4.69) is 23.7 Å². The normalized spacial score (nSPS) is 14.8. The lowest BCUT2D eigenvalue weighted by Crippen LogP contribution is -2.30. The highest BCUT2D eigenvalue weighted by molar-refractivity contribution is 6.00. The van der Waals surface area contributed by atoms with Crippen molar-refractivity contribution in [2.75, 3.05) is 19.8 Å². The first-order valence-electron chi connectivity index (χ1n) is 11.8. The average molecular weight is 462 g/mol. The first-order valence-corrected chi connectivity index (χ1v) is 11.8. The fourth-order valence-electron chi connectivity index (χ4n) is 4.42. The molecule has 4 rings (SSSR count). The molecule has 0 bridgehead atoms. The van der Waals surface area contributed by atoms with Crippen molar-refractivity contribution >= 4 is 5.91 Å². The van der Waals surface area contributed by atoms with Crippen LogP contribution in [0.15, 0.2) is 55.1 Å². The van der Waals surface area contributed by atoms with E-state index in [0.717, 1.165) is 30.4 Å². The van der Waals surface area contributed by atoms with E-state index in [1.807, 2.05) is 42.2 Å². The molecule has 0 saturated heterocycles. The summed E-state index contributed by atoms with van der Waals surface area (Å²) < 4.78 is 11.6. The quantitative estimate of drug-likeness (QED) is 0.292. The second kappa shape index (κ2) is 10.5. The minimum absolute atomic E-state index is 0.0878. The van der Waals surface area contributed by atoms with Crippen molar-refractivity contribution < 1.29 is 19.4 Å². The highest BCUT2D eigenvalue weighted by Gasteiger charge is 2.42. The third kappa shape index (κ3) is 4.38. The van der Waals surface area contributed by atoms with Gasteiger partial charge in [-0.3, -0.25) is 9.89 Å². The number of carbonyl (C=O) groups is 1. The van der Waals surface area contributed by atoms with Gasteiger partial charge in [-0.2, -0.15) is 5.10 Å². The summed E-state index contributed by atoms with van der Waals surface area (Å²) in [6.07, 6.45) is 4.69. The second-order valence-corrected chi connectivity index (χ2v) is 8.23. The first kappa shape index (κ1) is 23.4. The van der Waals surface area contributed by atoms with Gasteiger partial charge >= 0.3 is 0 Å². The van der Waals surface area contributed by atoms with Crippen LogP contribution in [0.3, 0.4) is 0 Å². The SMILES string of the molecule is C=CCOc1ccc(C2c3c(-c4ccccc4O)n[nH]c3C(=O)N2CCCCC)cc1OCC. The van der Waals surface area contributed by atoms with Crippen LogP contribution in [0.25, 0.3) is 11.3 Å². The van der Waals surface area contributed by atoms with Gasteiger partial charge in [0.15, 0.2) is 11.5 Å². The molecular formula is C27H31N3O4. The molecule has 0 fully saturated rings. The van der Waals surface area contributed by atoms with E-state index in [1.165, 1.54) is 0 Å². The molecule has 0 saturated carbocycles. The molecular weight excluding hydrogens is 430 g/mol. The van der Waals surface area contributed by atoms with Gasteiger partial charge in [0.2, 0.25) is 0 Å². The van der Waals surface area contributed by atoms with Crippen LogP contribution >= 0.6 is 0 Å². The fourth-order valence-corrected chi connectivity index (χ4v) is 4.42. The second-order valence-electron chi connectivity index (χ2n) is 8.23. The Balaban J connectivity index is 1.83. The maximum Gasteiger partial charge on any atom is 0.273 e. The molecule has 34 heavy (non-hydrogen) atoms. The molecule has 1 amide bonds. The molecule has 2 aromatic carbocycles. The van der Waals surface area contributed by atoms with Crippen LogP contribution in [0.5, 0.6) is 17.2 Å². The number of amides is 1.